The van der Waals surface area contributed by atoms with Gasteiger partial charge in [0.25, 0.3) is 0 Å². The fourth-order valence-corrected chi connectivity index (χ4v) is 5.97. The quantitative estimate of drug-likeness (QED) is 0.499. The number of nitrogens with zero attached hydrogens (tertiary/aromatic N) is 3. The highest BCUT2D eigenvalue weighted by atomic mass is 16.5. The molecule has 2 aliphatic rings. The van der Waals surface area contributed by atoms with Crippen LogP contribution in [0.15, 0.2) is 30.5 Å². The first-order valence-corrected chi connectivity index (χ1v) is 14.0. The summed E-state index contributed by atoms with van der Waals surface area (Å²) in [4.78, 5) is 20.4. The van der Waals surface area contributed by atoms with Gasteiger partial charge in [-0.25, -0.2) is 0 Å². The van der Waals surface area contributed by atoms with Crippen molar-refractivity contribution < 1.29 is 14.6 Å². The van der Waals surface area contributed by atoms with Crippen LogP contribution in [0.2, 0.25) is 0 Å². The Bertz CT molecular complexity index is 1010. The van der Waals surface area contributed by atoms with Gasteiger partial charge >= 0.3 is 0 Å². The van der Waals surface area contributed by atoms with Crippen LogP contribution >= 0.6 is 0 Å². The summed E-state index contributed by atoms with van der Waals surface area (Å²) in [6.07, 6.45) is 9.58. The lowest BCUT2D eigenvalue weighted by Crippen LogP contribution is -2.56. The third-order valence-corrected chi connectivity index (χ3v) is 8.18. The summed E-state index contributed by atoms with van der Waals surface area (Å²) in [5, 5.41) is 12.8. The maximum atomic E-state index is 11.6. The summed E-state index contributed by atoms with van der Waals surface area (Å²) in [6, 6.07) is 8.64. The summed E-state index contributed by atoms with van der Waals surface area (Å²) in [5.74, 6) is 1.51. The van der Waals surface area contributed by atoms with Crippen molar-refractivity contribution in [3.05, 3.63) is 36.0 Å². The first-order valence-electron chi connectivity index (χ1n) is 14.0. The molecule has 0 aliphatic carbocycles. The molecule has 6 nitrogen and oxygen atoms in total. The summed E-state index contributed by atoms with van der Waals surface area (Å²) in [5.41, 5.74) is 2.24. The number of carboxylic acid groups (broad SMARTS) is 1. The van der Waals surface area contributed by atoms with Crippen molar-refractivity contribution in [2.45, 2.75) is 91.2 Å². The van der Waals surface area contributed by atoms with Crippen LogP contribution in [-0.4, -0.2) is 59.2 Å². The topological polar surface area (TPSA) is 68.7 Å². The molecule has 0 spiro atoms. The number of likely N-dealkylation sites (tertiary alicyclic amines) is 2. The fourth-order valence-electron chi connectivity index (χ4n) is 5.97. The molecular weight excluding hydrogens is 450 g/mol. The van der Waals surface area contributed by atoms with Crippen LogP contribution in [0.3, 0.4) is 0 Å². The van der Waals surface area contributed by atoms with Gasteiger partial charge in [0.1, 0.15) is 23.5 Å². The Balaban J connectivity index is 1.29. The van der Waals surface area contributed by atoms with Crippen LogP contribution in [0.5, 0.6) is 5.75 Å². The number of benzene rings is 1. The van der Waals surface area contributed by atoms with E-state index in [2.05, 4.69) is 55.8 Å². The number of ether oxygens (including phenoxy) is 1. The van der Waals surface area contributed by atoms with Gasteiger partial charge in [0.05, 0.1) is 0 Å². The van der Waals surface area contributed by atoms with Gasteiger partial charge in [-0.2, -0.15) is 0 Å². The lowest BCUT2D eigenvalue weighted by molar-refractivity contribution is -0.272. The van der Waals surface area contributed by atoms with Crippen LogP contribution in [0, 0.1) is 11.3 Å². The number of rotatable bonds is 8. The minimum absolute atomic E-state index is 0.0388. The molecule has 2 aliphatic heterocycles. The highest BCUT2D eigenvalue weighted by molar-refractivity contribution is 5.85. The molecule has 0 saturated carbocycles. The van der Waals surface area contributed by atoms with E-state index in [-0.39, 0.29) is 17.6 Å². The number of aryl methyl sites for hydroxylation is 1. The zero-order valence-corrected chi connectivity index (χ0v) is 22.7. The second kappa shape index (κ2) is 11.8. The van der Waals surface area contributed by atoms with Crippen molar-refractivity contribution >= 4 is 17.0 Å². The summed E-state index contributed by atoms with van der Waals surface area (Å²) >= 11 is 0. The minimum atomic E-state index is -1.02. The van der Waals surface area contributed by atoms with Crippen LogP contribution in [0.1, 0.15) is 78.2 Å². The molecule has 1 aromatic heterocycles. The SMILES string of the molecule is CCCCc1cc(OC2CCN(CCC3CCN(C(=O)[O-])C(C(C)(C)C)C3)CC2)c2ncccc2c1. The van der Waals surface area contributed by atoms with E-state index in [1.807, 2.05) is 12.3 Å². The van der Waals surface area contributed by atoms with E-state index in [1.54, 1.807) is 4.90 Å². The second-order valence-electron chi connectivity index (χ2n) is 12.0. The number of carbonyl (C=O) groups excluding carboxylic acids is 1. The number of fused-ring (bicyclic) bond motifs is 1. The van der Waals surface area contributed by atoms with E-state index in [0.29, 0.717) is 12.5 Å². The smallest absolute Gasteiger partial charge is 0.146 e. The molecule has 36 heavy (non-hydrogen) atoms. The highest BCUT2D eigenvalue weighted by Gasteiger charge is 2.36. The molecule has 1 aromatic carbocycles. The van der Waals surface area contributed by atoms with Gasteiger partial charge in [-0.1, -0.05) is 40.2 Å². The van der Waals surface area contributed by atoms with Crippen molar-refractivity contribution in [3.8, 4) is 5.75 Å². The molecule has 198 valence electrons. The van der Waals surface area contributed by atoms with Crippen LogP contribution < -0.4 is 9.84 Å². The van der Waals surface area contributed by atoms with E-state index >= 15 is 0 Å². The van der Waals surface area contributed by atoms with Gasteiger partial charge in [-0.05, 0) is 86.6 Å². The molecule has 2 saturated heterocycles. The van der Waals surface area contributed by atoms with Gasteiger partial charge in [0.2, 0.25) is 0 Å². The molecule has 3 heterocycles. The van der Waals surface area contributed by atoms with Crippen molar-refractivity contribution in [3.63, 3.8) is 0 Å². The Labute approximate surface area is 217 Å². The number of amides is 1. The number of unbranched alkanes of at least 4 members (excludes halogenated alkanes) is 1. The molecular formula is C30H44N3O3-. The largest absolute Gasteiger partial charge is 0.530 e. The molecule has 2 unspecified atom stereocenters. The van der Waals surface area contributed by atoms with Gasteiger partial charge in [-0.15, -0.1) is 0 Å². The third-order valence-electron chi connectivity index (χ3n) is 8.18. The molecule has 2 fully saturated rings. The van der Waals surface area contributed by atoms with Gasteiger partial charge in [0.15, 0.2) is 0 Å². The number of piperidine rings is 2. The normalized spacial score (nSPS) is 22.2. The Morgan fingerprint density at radius 2 is 1.94 bits per heavy atom. The van der Waals surface area contributed by atoms with Crippen LogP contribution in [0.4, 0.5) is 4.79 Å². The van der Waals surface area contributed by atoms with E-state index in [1.165, 1.54) is 18.4 Å². The number of aromatic nitrogens is 1. The summed E-state index contributed by atoms with van der Waals surface area (Å²) in [6.45, 7) is 12.4. The predicted octanol–water partition coefficient (Wildman–Crippen LogP) is 5.28. The van der Waals surface area contributed by atoms with E-state index in [4.69, 9.17) is 4.74 Å². The molecule has 6 heteroatoms. The predicted molar refractivity (Wildman–Crippen MR) is 143 cm³/mol. The standard InChI is InChI=1S/C30H45N3O3/c1-5-6-8-23-19-24-9-7-14-31-28(24)26(20-23)36-25-12-16-32(17-13-25)15-10-22-11-18-33(29(34)35)27(21-22)30(2,3)4/h7,9,14,19-20,22,25,27H,5-6,8,10-13,15-18,21H2,1-4H3,(H,34,35)/p-1. The van der Waals surface area contributed by atoms with Gasteiger partial charge in [-0.3, -0.25) is 4.98 Å². The minimum Gasteiger partial charge on any atom is -0.530 e. The second-order valence-corrected chi connectivity index (χ2v) is 12.0. The Hall–Kier alpha value is -2.34. The van der Waals surface area contributed by atoms with Crippen molar-refractivity contribution in [1.29, 1.82) is 0 Å². The lowest BCUT2D eigenvalue weighted by Gasteiger charge is -2.47. The molecule has 0 N–H and O–H groups in total. The third kappa shape index (κ3) is 6.70. The summed E-state index contributed by atoms with van der Waals surface area (Å²) < 4.78 is 6.56. The van der Waals surface area contributed by atoms with E-state index in [9.17, 15) is 9.90 Å². The van der Waals surface area contributed by atoms with E-state index in [0.717, 1.165) is 74.8 Å². The average Bonchev–Trinajstić information content (AvgIpc) is 2.86. The number of carbonyl (C=O) groups is 1. The number of hydrogen-bond donors (Lipinski definition) is 0. The Morgan fingerprint density at radius 3 is 2.64 bits per heavy atom. The van der Waals surface area contributed by atoms with Crippen molar-refractivity contribution in [2.75, 3.05) is 26.2 Å². The average molecular weight is 495 g/mol. The molecule has 0 bridgehead atoms. The number of pyridine rings is 1. The summed E-state index contributed by atoms with van der Waals surface area (Å²) in [7, 11) is 0. The van der Waals surface area contributed by atoms with E-state index < -0.39 is 6.09 Å². The zero-order chi connectivity index (χ0) is 25.7. The molecule has 2 atom stereocenters. The Kier molecular flexibility index (Phi) is 8.76. The molecule has 1 amide bonds. The molecule has 2 aromatic rings. The monoisotopic (exact) mass is 494 g/mol. The highest BCUT2D eigenvalue weighted by Crippen LogP contribution is 2.36. The molecule has 0 radical (unpaired) electrons. The molecule has 4 rings (SSSR count). The van der Waals surface area contributed by atoms with Gasteiger partial charge < -0.3 is 24.4 Å². The van der Waals surface area contributed by atoms with Crippen molar-refractivity contribution in [1.82, 2.24) is 14.8 Å². The first kappa shape index (κ1) is 26.7. The number of hydrogen-bond acceptors (Lipinski definition) is 5. The maximum absolute atomic E-state index is 11.6. The Morgan fingerprint density at radius 1 is 1.17 bits per heavy atom. The zero-order valence-electron chi connectivity index (χ0n) is 22.7. The lowest BCUT2D eigenvalue weighted by atomic mass is 9.76. The van der Waals surface area contributed by atoms with Crippen LogP contribution in [-0.2, 0) is 6.42 Å². The van der Waals surface area contributed by atoms with Gasteiger partial charge in [0, 0.05) is 37.3 Å². The van der Waals surface area contributed by atoms with Crippen LogP contribution in [0.25, 0.3) is 10.9 Å². The fraction of sp³-hybridized carbons (Fsp3) is 0.667. The van der Waals surface area contributed by atoms with Crippen molar-refractivity contribution in [2.24, 2.45) is 11.3 Å². The first-order chi connectivity index (χ1) is 17.2. The maximum Gasteiger partial charge on any atom is 0.146 e.